The second-order valence-electron chi connectivity index (χ2n) is 4.96. The quantitative estimate of drug-likeness (QED) is 0.854. The number of amides is 1. The molecule has 0 saturated carbocycles. The van der Waals surface area contributed by atoms with Crippen LogP contribution in [0.5, 0.6) is 0 Å². The summed E-state index contributed by atoms with van der Waals surface area (Å²) in [5.41, 5.74) is 1.28. The van der Waals surface area contributed by atoms with Crippen molar-refractivity contribution in [1.82, 2.24) is 4.98 Å². The summed E-state index contributed by atoms with van der Waals surface area (Å²) in [7, 11) is 0. The van der Waals surface area contributed by atoms with E-state index in [1.54, 1.807) is 19.1 Å². The largest absolute Gasteiger partial charge is 0.477 e. The van der Waals surface area contributed by atoms with Crippen molar-refractivity contribution in [2.75, 3.05) is 5.32 Å². The van der Waals surface area contributed by atoms with E-state index in [0.717, 1.165) is 17.8 Å². The average Bonchev–Trinajstić information content (AvgIpc) is 2.92. The number of nitrogens with one attached hydrogen (secondary N) is 1. The van der Waals surface area contributed by atoms with Crippen LogP contribution in [0.4, 0.5) is 5.69 Å². The van der Waals surface area contributed by atoms with E-state index in [9.17, 15) is 14.7 Å². The summed E-state index contributed by atoms with van der Waals surface area (Å²) in [4.78, 5) is 28.1. The molecule has 0 fully saturated rings. The molecule has 6 heteroatoms. The summed E-state index contributed by atoms with van der Waals surface area (Å²) in [6.45, 7) is 3.70. The molecular weight excluding hydrogens is 300 g/mol. The lowest BCUT2D eigenvalue weighted by Crippen LogP contribution is -2.18. The number of nitrogens with zero attached hydrogens (tertiary/aromatic N) is 1. The molecule has 0 aliphatic rings. The van der Waals surface area contributed by atoms with Gasteiger partial charge in [0.2, 0.25) is 5.91 Å². The molecule has 0 saturated heterocycles. The van der Waals surface area contributed by atoms with E-state index in [4.69, 9.17) is 0 Å². The van der Waals surface area contributed by atoms with Crippen molar-refractivity contribution in [3.8, 4) is 0 Å². The van der Waals surface area contributed by atoms with Crippen LogP contribution in [0.1, 0.15) is 46.6 Å². The number of carboxylic acid groups (broad SMARTS) is 1. The predicted molar refractivity (Wildman–Crippen MR) is 86.6 cm³/mol. The van der Waals surface area contributed by atoms with E-state index in [1.807, 2.05) is 25.1 Å². The van der Waals surface area contributed by atoms with Crippen LogP contribution in [0.2, 0.25) is 0 Å². The molecule has 1 unspecified atom stereocenters. The van der Waals surface area contributed by atoms with Crippen molar-refractivity contribution in [2.24, 2.45) is 0 Å². The van der Waals surface area contributed by atoms with Crippen molar-refractivity contribution in [3.63, 3.8) is 0 Å². The zero-order valence-electron chi connectivity index (χ0n) is 12.5. The van der Waals surface area contributed by atoms with E-state index in [2.05, 4.69) is 10.3 Å². The number of carbonyl (C=O) groups excluding carboxylic acids is 1. The molecule has 2 aromatic rings. The molecule has 5 nitrogen and oxygen atoms in total. The molecular formula is C16H18N2O3S. The number of rotatable bonds is 6. The molecule has 0 radical (unpaired) electrons. The summed E-state index contributed by atoms with van der Waals surface area (Å²) in [5.74, 6) is -1.67. The number of para-hydroxylation sites is 1. The number of hydrogen-bond acceptors (Lipinski definition) is 4. The predicted octanol–water partition coefficient (Wildman–Crippen LogP) is 3.54. The standard InChI is InChI=1S/C16H18N2O3S/c1-3-7-12-13(16(20)21)22-15(18-12)10(2)14(19)17-11-8-5-4-6-9-11/h4-6,8-10H,3,7H2,1-2H3,(H,17,19)(H,20,21). The van der Waals surface area contributed by atoms with Crippen LogP contribution >= 0.6 is 11.3 Å². The second kappa shape index (κ2) is 7.17. The van der Waals surface area contributed by atoms with Crippen LogP contribution in [0, 0.1) is 0 Å². The van der Waals surface area contributed by atoms with Crippen molar-refractivity contribution in [2.45, 2.75) is 32.6 Å². The summed E-state index contributed by atoms with van der Waals surface area (Å²) in [5, 5.41) is 12.6. The number of aryl methyl sites for hydroxylation is 1. The van der Waals surface area contributed by atoms with E-state index < -0.39 is 11.9 Å². The van der Waals surface area contributed by atoms with Gasteiger partial charge in [0, 0.05) is 5.69 Å². The van der Waals surface area contributed by atoms with E-state index in [1.165, 1.54) is 0 Å². The minimum absolute atomic E-state index is 0.195. The third kappa shape index (κ3) is 3.71. The Hall–Kier alpha value is -2.21. The topological polar surface area (TPSA) is 79.3 Å². The van der Waals surface area contributed by atoms with Gasteiger partial charge < -0.3 is 10.4 Å². The molecule has 0 spiro atoms. The van der Waals surface area contributed by atoms with Crippen LogP contribution in [-0.2, 0) is 11.2 Å². The highest BCUT2D eigenvalue weighted by molar-refractivity contribution is 7.13. The van der Waals surface area contributed by atoms with Gasteiger partial charge in [0.05, 0.1) is 11.6 Å². The number of aromatic carboxylic acids is 1. The monoisotopic (exact) mass is 318 g/mol. The second-order valence-corrected chi connectivity index (χ2v) is 5.99. The summed E-state index contributed by atoms with van der Waals surface area (Å²) in [6, 6.07) is 9.16. The number of benzene rings is 1. The van der Waals surface area contributed by atoms with Crippen LogP contribution in [-0.4, -0.2) is 22.0 Å². The van der Waals surface area contributed by atoms with Crippen molar-refractivity contribution in [1.29, 1.82) is 0 Å². The SMILES string of the molecule is CCCc1nc(C(C)C(=O)Nc2ccccc2)sc1C(=O)O. The van der Waals surface area contributed by atoms with Gasteiger partial charge in [-0.25, -0.2) is 9.78 Å². The normalized spacial score (nSPS) is 11.9. The van der Waals surface area contributed by atoms with Gasteiger partial charge >= 0.3 is 5.97 Å². The Labute approximate surface area is 133 Å². The van der Waals surface area contributed by atoms with E-state index >= 15 is 0 Å². The van der Waals surface area contributed by atoms with Crippen LogP contribution in [0.25, 0.3) is 0 Å². The molecule has 116 valence electrons. The smallest absolute Gasteiger partial charge is 0.347 e. The zero-order chi connectivity index (χ0) is 16.1. The van der Waals surface area contributed by atoms with Crippen molar-refractivity contribution in [3.05, 3.63) is 45.9 Å². The van der Waals surface area contributed by atoms with Gasteiger partial charge in [-0.2, -0.15) is 0 Å². The number of carboxylic acids is 1. The average molecular weight is 318 g/mol. The maximum absolute atomic E-state index is 12.3. The first-order valence-corrected chi connectivity index (χ1v) is 7.93. The van der Waals surface area contributed by atoms with Gasteiger partial charge in [-0.3, -0.25) is 4.79 Å². The van der Waals surface area contributed by atoms with Gasteiger partial charge in [0.25, 0.3) is 0 Å². The highest BCUT2D eigenvalue weighted by Gasteiger charge is 2.24. The van der Waals surface area contributed by atoms with Gasteiger partial charge in [0.1, 0.15) is 9.88 Å². The third-order valence-electron chi connectivity index (χ3n) is 3.20. The lowest BCUT2D eigenvalue weighted by Gasteiger charge is -2.09. The Morgan fingerprint density at radius 3 is 2.59 bits per heavy atom. The molecule has 0 aliphatic carbocycles. The molecule has 2 N–H and O–H groups in total. The Kier molecular flexibility index (Phi) is 5.27. The lowest BCUT2D eigenvalue weighted by atomic mass is 10.1. The first-order valence-electron chi connectivity index (χ1n) is 7.11. The van der Waals surface area contributed by atoms with Gasteiger partial charge in [-0.1, -0.05) is 31.5 Å². The number of anilines is 1. The molecule has 1 heterocycles. The fourth-order valence-electron chi connectivity index (χ4n) is 2.01. The van der Waals surface area contributed by atoms with Gasteiger partial charge in [-0.15, -0.1) is 11.3 Å². The molecule has 22 heavy (non-hydrogen) atoms. The fourth-order valence-corrected chi connectivity index (χ4v) is 3.01. The summed E-state index contributed by atoms with van der Waals surface area (Å²) < 4.78 is 0. The molecule has 0 bridgehead atoms. The molecule has 1 amide bonds. The first-order chi connectivity index (χ1) is 10.5. The third-order valence-corrected chi connectivity index (χ3v) is 4.47. The summed E-state index contributed by atoms with van der Waals surface area (Å²) >= 11 is 1.08. The molecule has 1 atom stereocenters. The minimum Gasteiger partial charge on any atom is -0.477 e. The van der Waals surface area contributed by atoms with Crippen molar-refractivity contribution >= 4 is 28.9 Å². The fraction of sp³-hybridized carbons (Fsp3) is 0.312. The van der Waals surface area contributed by atoms with Crippen molar-refractivity contribution < 1.29 is 14.7 Å². The molecule has 1 aromatic carbocycles. The van der Waals surface area contributed by atoms with Crippen LogP contribution in [0.15, 0.2) is 30.3 Å². The van der Waals surface area contributed by atoms with E-state index in [-0.39, 0.29) is 10.8 Å². The maximum atomic E-state index is 12.3. The highest BCUT2D eigenvalue weighted by Crippen LogP contribution is 2.27. The minimum atomic E-state index is -0.983. The Bertz CT molecular complexity index is 667. The Morgan fingerprint density at radius 2 is 2.00 bits per heavy atom. The van der Waals surface area contributed by atoms with E-state index in [0.29, 0.717) is 22.8 Å². The number of thiazole rings is 1. The molecule has 0 aliphatic heterocycles. The van der Waals surface area contributed by atoms with Crippen LogP contribution in [0.3, 0.4) is 0 Å². The molecule has 2 rings (SSSR count). The van der Waals surface area contributed by atoms with Gasteiger partial charge in [-0.05, 0) is 25.5 Å². The highest BCUT2D eigenvalue weighted by atomic mass is 32.1. The first kappa shape index (κ1) is 16.2. The Balaban J connectivity index is 2.18. The number of hydrogen-bond donors (Lipinski definition) is 2. The van der Waals surface area contributed by atoms with Crippen LogP contribution < -0.4 is 5.32 Å². The number of carbonyl (C=O) groups is 2. The summed E-state index contributed by atoms with van der Waals surface area (Å²) in [6.07, 6.45) is 1.42. The number of aromatic nitrogens is 1. The van der Waals surface area contributed by atoms with Gasteiger partial charge in [0.15, 0.2) is 0 Å². The Morgan fingerprint density at radius 1 is 1.32 bits per heavy atom. The maximum Gasteiger partial charge on any atom is 0.347 e. The lowest BCUT2D eigenvalue weighted by molar-refractivity contribution is -0.117. The molecule has 1 aromatic heterocycles. The zero-order valence-corrected chi connectivity index (χ0v) is 13.3.